The maximum absolute atomic E-state index is 11.8. The summed E-state index contributed by atoms with van der Waals surface area (Å²) in [7, 11) is -0.495. The van der Waals surface area contributed by atoms with Crippen LogP contribution in [0.5, 0.6) is 0 Å². The summed E-state index contributed by atoms with van der Waals surface area (Å²) in [5, 5.41) is 7.00. The van der Waals surface area contributed by atoms with Crippen molar-refractivity contribution in [1.29, 1.82) is 0 Å². The smallest absolute Gasteiger partial charge is 0.741 e. The molecule has 61 heavy (non-hydrogen) atoms. The Bertz CT molecular complexity index is 2180. The number of carbonyl (C=O) groups excluding carboxylic acids is 3. The number of rotatable bonds is 6. The Morgan fingerprint density at radius 3 is 0.623 bits per heavy atom. The van der Waals surface area contributed by atoms with Crippen molar-refractivity contribution in [3.63, 3.8) is 0 Å². The van der Waals surface area contributed by atoms with E-state index in [1.807, 2.05) is 0 Å². The van der Waals surface area contributed by atoms with Gasteiger partial charge in [-0.2, -0.15) is 26.3 Å². The number of aryl methyl sites for hydroxylation is 6. The minimum atomic E-state index is -6.09. The second-order valence-corrected chi connectivity index (χ2v) is 13.7. The summed E-state index contributed by atoms with van der Waals surface area (Å²) in [4.78, 5) is 59.4. The van der Waals surface area contributed by atoms with Crippen LogP contribution in [0.2, 0.25) is 0 Å². The van der Waals surface area contributed by atoms with E-state index in [0.717, 1.165) is 7.11 Å². The van der Waals surface area contributed by atoms with E-state index in [4.69, 9.17) is 31.0 Å². The zero-order chi connectivity index (χ0) is 46.4. The normalized spacial score (nSPS) is 11.0. The molecule has 0 aliphatic rings. The summed E-state index contributed by atoms with van der Waals surface area (Å²) in [5.41, 5.74) is -11.3. The van der Waals surface area contributed by atoms with E-state index in [2.05, 4.69) is 29.9 Å². The molecule has 0 saturated carbocycles. The molecule has 0 atom stereocenters. The van der Waals surface area contributed by atoms with Crippen molar-refractivity contribution in [2.75, 3.05) is 7.11 Å². The number of alkyl halides is 6. The van der Waals surface area contributed by atoms with Gasteiger partial charge in [0.1, 0.15) is 0 Å². The van der Waals surface area contributed by atoms with E-state index in [-0.39, 0.29) is 34.4 Å². The number of aliphatic hydroxyl groups excluding tert-OH is 1. The monoisotopic (exact) mass is 956 g/mol. The van der Waals surface area contributed by atoms with Crippen LogP contribution in [0.4, 0.5) is 26.3 Å². The van der Waals surface area contributed by atoms with Crippen LogP contribution in [0.3, 0.4) is 0 Å². The molecule has 0 aromatic carbocycles. The molecule has 6 heterocycles. The molecule has 0 saturated heterocycles. The number of hydrogen-bond donors (Lipinski definition) is 1. The fourth-order valence-electron chi connectivity index (χ4n) is 3.81. The number of carbonyl (C=O) groups is 3. The quantitative estimate of drug-likeness (QED) is 0.0796. The number of nitrogens with zero attached hydrogens (tertiary/aromatic N) is 12. The Morgan fingerprint density at radius 1 is 0.443 bits per heavy atom. The van der Waals surface area contributed by atoms with Crippen LogP contribution in [0.15, 0.2) is 74.4 Å². The molecule has 0 amide bonds. The summed E-state index contributed by atoms with van der Waals surface area (Å²) in [5.74, 6) is 1.93. The van der Waals surface area contributed by atoms with Crippen LogP contribution >= 0.6 is 0 Å². The van der Waals surface area contributed by atoms with Crippen molar-refractivity contribution >= 4 is 37.6 Å². The number of ketones is 3. The molecule has 31 heteroatoms. The Hall–Kier alpha value is -5.85. The molecule has 0 unspecified atom stereocenters. The van der Waals surface area contributed by atoms with Gasteiger partial charge in [-0.25, -0.2) is 46.7 Å². The SMILES string of the molecule is CO.Cn1ccnc1C(=O)c1nccn1C.Cn1ccnc1C(=O)c1nccn1C.Cn1ccnc1C(=O)c1nccn1C.O=S(=O)([O-])C(F)(F)F.O=S(=O)([O-])C(F)(F)F.[Fe+2]. The third-order valence-electron chi connectivity index (χ3n) is 6.71. The molecule has 0 aliphatic heterocycles. The van der Waals surface area contributed by atoms with Crippen molar-refractivity contribution in [2.45, 2.75) is 11.0 Å². The average molecular weight is 957 g/mol. The van der Waals surface area contributed by atoms with Crippen molar-refractivity contribution in [3.8, 4) is 0 Å². The number of aliphatic hydroxyl groups is 1. The van der Waals surface area contributed by atoms with Gasteiger partial charge in [0.05, 0.1) is 0 Å². The van der Waals surface area contributed by atoms with Gasteiger partial charge < -0.3 is 41.6 Å². The van der Waals surface area contributed by atoms with Gasteiger partial charge in [-0.1, -0.05) is 0 Å². The van der Waals surface area contributed by atoms with Gasteiger partial charge in [0, 0.05) is 124 Å². The molecule has 1 N–H and O–H groups in total. The first-order valence-electron chi connectivity index (χ1n) is 15.6. The minimum Gasteiger partial charge on any atom is -0.741 e. The molecular formula is C30H34F6FeN12O10S2. The second-order valence-electron chi connectivity index (χ2n) is 11.0. The zero-order valence-electron chi connectivity index (χ0n) is 32.4. The van der Waals surface area contributed by atoms with Crippen LogP contribution in [0, 0.1) is 0 Å². The van der Waals surface area contributed by atoms with Crippen LogP contribution in [0.25, 0.3) is 0 Å². The molecule has 0 fully saturated rings. The Labute approximate surface area is 352 Å². The standard InChI is InChI=1S/3C9H10N4O.2CHF3O3S.CH4O.Fe/c3*1-12-5-3-10-8(12)7(14)9-11-4-6-13(9)2;2*2-1(3,4)8(5,6)7;1-2;/h3*3-6H,1-2H3;2*(H,5,6,7);2H,1H3;/q;;;;;;+2/p-2. The predicted octanol–water partition coefficient (Wildman–Crippen LogP) is 0.863. The molecule has 0 radical (unpaired) electrons. The van der Waals surface area contributed by atoms with Gasteiger partial charge in [-0.05, 0) is 0 Å². The molecule has 0 aliphatic carbocycles. The number of hydrogen-bond acceptors (Lipinski definition) is 16. The molecule has 6 aromatic heterocycles. The summed E-state index contributed by atoms with van der Waals surface area (Å²) in [6.45, 7) is 0. The van der Waals surface area contributed by atoms with Crippen molar-refractivity contribution in [2.24, 2.45) is 42.3 Å². The second kappa shape index (κ2) is 23.2. The first-order valence-corrected chi connectivity index (χ1v) is 18.4. The minimum absolute atomic E-state index is 0. The topological polar surface area (TPSA) is 293 Å². The van der Waals surface area contributed by atoms with Gasteiger partial charge in [-0.3, -0.25) is 14.4 Å². The van der Waals surface area contributed by atoms with Gasteiger partial charge in [-0.15, -0.1) is 0 Å². The van der Waals surface area contributed by atoms with Crippen LogP contribution in [-0.2, 0) is 79.6 Å². The van der Waals surface area contributed by atoms with Crippen LogP contribution < -0.4 is 0 Å². The van der Waals surface area contributed by atoms with Crippen LogP contribution in [-0.4, -0.2) is 124 Å². The largest absolute Gasteiger partial charge is 2.00 e. The van der Waals surface area contributed by atoms with Gasteiger partial charge >= 0.3 is 28.1 Å². The number of aromatic nitrogens is 12. The average Bonchev–Trinajstić information content (AvgIpc) is 4.00. The summed E-state index contributed by atoms with van der Waals surface area (Å²) >= 11 is 0. The molecule has 336 valence electrons. The Balaban J connectivity index is 0.000000743. The Kier molecular flexibility index (Phi) is 21.0. The van der Waals surface area contributed by atoms with E-state index in [9.17, 15) is 40.7 Å². The summed E-state index contributed by atoms with van der Waals surface area (Å²) in [6, 6.07) is 0. The van der Waals surface area contributed by atoms with Gasteiger partial charge in [0.15, 0.2) is 55.2 Å². The van der Waals surface area contributed by atoms with E-state index >= 15 is 0 Å². The molecule has 0 spiro atoms. The van der Waals surface area contributed by atoms with Gasteiger partial charge in [0.25, 0.3) is 17.3 Å². The third kappa shape index (κ3) is 15.9. The van der Waals surface area contributed by atoms with Crippen molar-refractivity contribution in [3.05, 3.63) is 109 Å². The van der Waals surface area contributed by atoms with E-state index < -0.39 is 31.3 Å². The van der Waals surface area contributed by atoms with E-state index in [0.29, 0.717) is 34.9 Å². The van der Waals surface area contributed by atoms with Crippen molar-refractivity contribution < 1.29 is 88.8 Å². The van der Waals surface area contributed by atoms with E-state index in [1.54, 1.807) is 144 Å². The first-order chi connectivity index (χ1) is 27.6. The summed E-state index contributed by atoms with van der Waals surface area (Å²) in [6.07, 6.45) is 20.0. The first kappa shape index (κ1) is 55.1. The van der Waals surface area contributed by atoms with Gasteiger partial charge in [0.2, 0.25) is 0 Å². The number of imidazole rings is 6. The maximum Gasteiger partial charge on any atom is 2.00 e. The van der Waals surface area contributed by atoms with E-state index in [1.165, 1.54) is 0 Å². The number of halogens is 6. The molecule has 6 aromatic rings. The summed E-state index contributed by atoms with van der Waals surface area (Å²) < 4.78 is 128. The van der Waals surface area contributed by atoms with Crippen molar-refractivity contribution in [1.82, 2.24) is 57.3 Å². The fraction of sp³-hybridized carbons (Fsp3) is 0.300. The fourth-order valence-corrected chi connectivity index (χ4v) is 3.81. The van der Waals surface area contributed by atoms with Crippen LogP contribution in [0.1, 0.15) is 49.3 Å². The Morgan fingerprint density at radius 2 is 0.557 bits per heavy atom. The maximum atomic E-state index is 11.8. The predicted molar refractivity (Wildman–Crippen MR) is 189 cm³/mol. The molecule has 22 nitrogen and oxygen atoms in total. The molecule has 6 rings (SSSR count). The molecule has 0 bridgehead atoms. The third-order valence-corrected chi connectivity index (χ3v) is 7.85. The molecular weight excluding hydrogens is 922 g/mol. The zero-order valence-corrected chi connectivity index (χ0v) is 35.1.